The average Bonchev–Trinajstić information content (AvgIpc) is 2.94. The van der Waals surface area contributed by atoms with Crippen molar-refractivity contribution in [2.24, 2.45) is 0 Å². The van der Waals surface area contributed by atoms with Crippen LogP contribution < -0.4 is 0 Å². The summed E-state index contributed by atoms with van der Waals surface area (Å²) < 4.78 is 24.8. The van der Waals surface area contributed by atoms with Crippen molar-refractivity contribution in [1.29, 1.82) is 0 Å². The zero-order valence-corrected chi connectivity index (χ0v) is 15.7. The van der Waals surface area contributed by atoms with E-state index in [1.807, 2.05) is 23.1 Å². The molecular weight excluding hydrogens is 346 g/mol. The molecule has 138 valence electrons. The fraction of sp³-hybridized carbons (Fsp3) is 0.381. The monoisotopic (exact) mass is 371 g/mol. The molecule has 2 aromatic carbocycles. The standard InChI is InChI=1S/C21H25NO3S/c23-21(14-16-26(24,25)20-12-5-2-6-13-20)22-15-8-7-11-19(17-22)18-9-3-1-4-10-18/h1-6,9-10,12-13,19H,7-8,11,14-17H2. The quantitative estimate of drug-likeness (QED) is 0.806. The number of benzene rings is 2. The number of carbonyl (C=O) groups excluding carboxylic acids is 1. The molecule has 1 amide bonds. The minimum absolute atomic E-state index is 0.0404. The number of rotatable bonds is 5. The molecule has 0 bridgehead atoms. The van der Waals surface area contributed by atoms with E-state index in [1.54, 1.807) is 30.3 Å². The van der Waals surface area contributed by atoms with Crippen molar-refractivity contribution in [1.82, 2.24) is 4.90 Å². The van der Waals surface area contributed by atoms with Gasteiger partial charge in [0.05, 0.1) is 10.6 Å². The van der Waals surface area contributed by atoms with Crippen LogP contribution >= 0.6 is 0 Å². The molecule has 0 N–H and O–H groups in total. The molecule has 0 aromatic heterocycles. The molecule has 0 saturated carbocycles. The summed E-state index contributed by atoms with van der Waals surface area (Å²) in [6.45, 7) is 1.39. The minimum Gasteiger partial charge on any atom is -0.342 e. The average molecular weight is 372 g/mol. The van der Waals surface area contributed by atoms with E-state index >= 15 is 0 Å². The molecule has 3 rings (SSSR count). The van der Waals surface area contributed by atoms with Crippen LogP contribution in [0, 0.1) is 0 Å². The first kappa shape index (κ1) is 18.6. The molecule has 1 saturated heterocycles. The first-order chi connectivity index (χ1) is 12.6. The lowest BCUT2D eigenvalue weighted by atomic mass is 9.94. The highest BCUT2D eigenvalue weighted by atomic mass is 32.2. The van der Waals surface area contributed by atoms with E-state index in [-0.39, 0.29) is 23.0 Å². The van der Waals surface area contributed by atoms with E-state index in [4.69, 9.17) is 0 Å². The maximum Gasteiger partial charge on any atom is 0.223 e. The van der Waals surface area contributed by atoms with Crippen LogP contribution in [0.25, 0.3) is 0 Å². The van der Waals surface area contributed by atoms with Gasteiger partial charge in [-0.1, -0.05) is 55.0 Å². The van der Waals surface area contributed by atoms with Gasteiger partial charge in [0.15, 0.2) is 9.84 Å². The summed E-state index contributed by atoms with van der Waals surface area (Å²) >= 11 is 0. The van der Waals surface area contributed by atoms with Crippen molar-refractivity contribution in [3.8, 4) is 0 Å². The van der Waals surface area contributed by atoms with Crippen LogP contribution in [0.2, 0.25) is 0 Å². The molecule has 2 aromatic rings. The van der Waals surface area contributed by atoms with E-state index in [1.165, 1.54) is 5.56 Å². The molecule has 1 aliphatic rings. The van der Waals surface area contributed by atoms with Gasteiger partial charge in [-0.2, -0.15) is 0 Å². The van der Waals surface area contributed by atoms with E-state index < -0.39 is 9.84 Å². The predicted molar refractivity (Wildman–Crippen MR) is 103 cm³/mol. The first-order valence-electron chi connectivity index (χ1n) is 9.17. The summed E-state index contributed by atoms with van der Waals surface area (Å²) in [5.74, 6) is 0.128. The normalized spacial score (nSPS) is 18.3. The van der Waals surface area contributed by atoms with Gasteiger partial charge in [0, 0.05) is 25.4 Å². The molecule has 1 heterocycles. The van der Waals surface area contributed by atoms with Gasteiger partial charge in [0.1, 0.15) is 0 Å². The third-order valence-corrected chi connectivity index (χ3v) is 6.71. The number of amides is 1. The number of nitrogens with zero attached hydrogens (tertiary/aromatic N) is 1. The number of hydrogen-bond donors (Lipinski definition) is 0. The fourth-order valence-corrected chi connectivity index (χ4v) is 4.74. The second-order valence-electron chi connectivity index (χ2n) is 6.83. The first-order valence-corrected chi connectivity index (χ1v) is 10.8. The third kappa shape index (κ3) is 4.73. The summed E-state index contributed by atoms with van der Waals surface area (Å²) in [6.07, 6.45) is 3.17. The zero-order chi connectivity index (χ0) is 18.4. The van der Waals surface area contributed by atoms with Gasteiger partial charge in [-0.3, -0.25) is 4.79 Å². The predicted octanol–water partition coefficient (Wildman–Crippen LogP) is 3.65. The molecule has 0 aliphatic carbocycles. The smallest absolute Gasteiger partial charge is 0.223 e. The Kier molecular flexibility index (Phi) is 6.09. The van der Waals surface area contributed by atoms with E-state index in [9.17, 15) is 13.2 Å². The van der Waals surface area contributed by atoms with E-state index in [0.29, 0.717) is 19.0 Å². The van der Waals surface area contributed by atoms with Crippen LogP contribution in [0.1, 0.15) is 37.2 Å². The van der Waals surface area contributed by atoms with Crippen LogP contribution in [0.3, 0.4) is 0 Å². The Morgan fingerprint density at radius 2 is 1.62 bits per heavy atom. The van der Waals surface area contributed by atoms with E-state index in [2.05, 4.69) is 12.1 Å². The Morgan fingerprint density at radius 3 is 2.31 bits per heavy atom. The SMILES string of the molecule is O=C(CCS(=O)(=O)c1ccccc1)N1CCCCC(c2ccccc2)C1. The van der Waals surface area contributed by atoms with Crippen molar-refractivity contribution in [2.45, 2.75) is 36.5 Å². The van der Waals surface area contributed by atoms with Crippen molar-refractivity contribution >= 4 is 15.7 Å². The van der Waals surface area contributed by atoms with Crippen molar-refractivity contribution in [2.75, 3.05) is 18.8 Å². The Hall–Kier alpha value is -2.14. The lowest BCUT2D eigenvalue weighted by Gasteiger charge is -2.25. The van der Waals surface area contributed by atoms with Crippen LogP contribution in [-0.4, -0.2) is 38.1 Å². The lowest BCUT2D eigenvalue weighted by molar-refractivity contribution is -0.130. The van der Waals surface area contributed by atoms with Crippen molar-refractivity contribution < 1.29 is 13.2 Å². The molecule has 1 unspecified atom stereocenters. The number of sulfone groups is 1. The summed E-state index contributed by atoms with van der Waals surface area (Å²) in [4.78, 5) is 14.8. The van der Waals surface area contributed by atoms with Crippen molar-refractivity contribution in [3.05, 3.63) is 66.2 Å². The van der Waals surface area contributed by atoms with Gasteiger partial charge in [-0.05, 0) is 30.5 Å². The van der Waals surface area contributed by atoms with E-state index in [0.717, 1.165) is 19.3 Å². The summed E-state index contributed by atoms with van der Waals surface area (Å²) in [6, 6.07) is 18.6. The van der Waals surface area contributed by atoms with Gasteiger partial charge in [-0.15, -0.1) is 0 Å². The topological polar surface area (TPSA) is 54.5 Å². The largest absolute Gasteiger partial charge is 0.342 e. The second kappa shape index (κ2) is 8.49. The summed E-state index contributed by atoms with van der Waals surface area (Å²) in [7, 11) is -3.42. The lowest BCUT2D eigenvalue weighted by Crippen LogP contribution is -2.35. The molecule has 26 heavy (non-hydrogen) atoms. The Morgan fingerprint density at radius 1 is 0.962 bits per heavy atom. The maximum atomic E-state index is 12.7. The van der Waals surface area contributed by atoms with Crippen LogP contribution in [0.15, 0.2) is 65.6 Å². The molecular formula is C21H25NO3S. The van der Waals surface area contributed by atoms with Gasteiger partial charge in [-0.25, -0.2) is 8.42 Å². The Bertz CT molecular complexity index is 819. The van der Waals surface area contributed by atoms with Crippen LogP contribution in [-0.2, 0) is 14.6 Å². The zero-order valence-electron chi connectivity index (χ0n) is 14.9. The molecule has 0 spiro atoms. The number of hydrogen-bond acceptors (Lipinski definition) is 3. The molecule has 1 atom stereocenters. The molecule has 1 aliphatic heterocycles. The maximum absolute atomic E-state index is 12.7. The summed E-state index contributed by atoms with van der Waals surface area (Å²) in [5.41, 5.74) is 1.25. The number of carbonyl (C=O) groups is 1. The van der Waals surface area contributed by atoms with Gasteiger partial charge >= 0.3 is 0 Å². The summed E-state index contributed by atoms with van der Waals surface area (Å²) in [5, 5.41) is 0. The van der Waals surface area contributed by atoms with Crippen LogP contribution in [0.5, 0.6) is 0 Å². The second-order valence-corrected chi connectivity index (χ2v) is 8.93. The molecule has 1 fully saturated rings. The van der Waals surface area contributed by atoms with Gasteiger partial charge in [0.25, 0.3) is 0 Å². The highest BCUT2D eigenvalue weighted by Gasteiger charge is 2.24. The highest BCUT2D eigenvalue weighted by molar-refractivity contribution is 7.91. The molecule has 0 radical (unpaired) electrons. The molecule has 5 heteroatoms. The molecule has 4 nitrogen and oxygen atoms in total. The fourth-order valence-electron chi connectivity index (χ4n) is 3.49. The van der Waals surface area contributed by atoms with Gasteiger partial charge < -0.3 is 4.90 Å². The van der Waals surface area contributed by atoms with Gasteiger partial charge in [0.2, 0.25) is 5.91 Å². The van der Waals surface area contributed by atoms with Crippen molar-refractivity contribution in [3.63, 3.8) is 0 Å². The Labute approximate surface area is 155 Å². The number of likely N-dealkylation sites (tertiary alicyclic amines) is 1. The minimum atomic E-state index is -3.42. The highest BCUT2D eigenvalue weighted by Crippen LogP contribution is 2.26. The van der Waals surface area contributed by atoms with Crippen LogP contribution in [0.4, 0.5) is 0 Å². The Balaban J connectivity index is 1.63. The third-order valence-electron chi connectivity index (χ3n) is 4.98.